The maximum absolute atomic E-state index is 15.0. The molecule has 2 amide bonds. The van der Waals surface area contributed by atoms with Gasteiger partial charge in [-0.05, 0) is 85.4 Å². The average molecular weight is 834 g/mol. The van der Waals surface area contributed by atoms with Crippen LogP contribution in [-0.4, -0.2) is 98.0 Å². The quantitative estimate of drug-likeness (QED) is 0.230. The van der Waals surface area contributed by atoms with Crippen LogP contribution in [0.3, 0.4) is 0 Å². The molecule has 2 aliphatic heterocycles. The second-order valence-electron chi connectivity index (χ2n) is 15.8. The highest BCUT2D eigenvalue weighted by Gasteiger charge is 2.44. The normalized spacial score (nSPS) is 28.6. The van der Waals surface area contributed by atoms with Crippen molar-refractivity contribution in [1.29, 1.82) is 0 Å². The van der Waals surface area contributed by atoms with E-state index in [9.17, 15) is 9.59 Å². The Morgan fingerprint density at radius 1 is 1.10 bits per heavy atom. The molecule has 1 fully saturated rings. The summed E-state index contributed by atoms with van der Waals surface area (Å²) in [4.78, 5) is 30.4. The summed E-state index contributed by atoms with van der Waals surface area (Å²) in [5, 5.41) is 4.89. The molecule has 13 nitrogen and oxygen atoms in total. The van der Waals surface area contributed by atoms with Gasteiger partial charge < -0.3 is 28.6 Å². The Morgan fingerprint density at radius 3 is 2.67 bits per heavy atom. The van der Waals surface area contributed by atoms with E-state index in [0.29, 0.717) is 25.4 Å². The van der Waals surface area contributed by atoms with Crippen LogP contribution in [-0.2, 0) is 43.0 Å². The number of amides is 2. The molecule has 1 aromatic heterocycles. The number of hydrogen-bond acceptors (Lipinski definition) is 10. The largest absolute Gasteiger partial charge is 0.490 e. The maximum Gasteiger partial charge on any atom is 0.286 e. The molecule has 58 heavy (non-hydrogen) atoms. The third-order valence-corrected chi connectivity index (χ3v) is 14.0. The van der Waals surface area contributed by atoms with Crippen molar-refractivity contribution in [3.63, 3.8) is 0 Å². The molecule has 1 N–H and O–H groups in total. The fourth-order valence-corrected chi connectivity index (χ4v) is 10.9. The van der Waals surface area contributed by atoms with Crippen molar-refractivity contribution >= 4 is 39.0 Å². The number of aromatic nitrogens is 2. The monoisotopic (exact) mass is 833 g/mol. The zero-order chi connectivity index (χ0) is 41.0. The molecule has 1 spiro atoms. The fourth-order valence-electron chi connectivity index (χ4n) is 8.83. The lowest BCUT2D eigenvalue weighted by Gasteiger charge is -2.46. The second-order valence-corrected chi connectivity index (χ2v) is 18.2. The number of carbonyl (C=O) groups is 2. The molecule has 3 aromatic rings. The number of ether oxygens (including phenoxy) is 5. The van der Waals surface area contributed by atoms with E-state index in [1.807, 2.05) is 25.1 Å². The summed E-state index contributed by atoms with van der Waals surface area (Å²) in [7, 11) is 2.51. The number of anilines is 1. The Hall–Kier alpha value is -4.39. The van der Waals surface area contributed by atoms with Crippen LogP contribution in [0.4, 0.5) is 5.69 Å². The SMILES string of the molecule is COCC#CCO[C@H]1/C=C/[C@H](OC)[C@@H]2CC[C@H]2CN2C[C@@]3(CCCc4cc(Cl)ccc43)COc3ccc(cc32)C(=O)N=[S@](=O)(NC(=O)c2cn(C)nc2OC)C[C@H]1C. The first-order valence-electron chi connectivity index (χ1n) is 19.7. The first-order chi connectivity index (χ1) is 27.9. The number of fused-ring (bicyclic) bond motifs is 4. The number of hydrogen-bond donors (Lipinski definition) is 1. The summed E-state index contributed by atoms with van der Waals surface area (Å²) >= 11 is 6.49. The minimum absolute atomic E-state index is 0.0431. The molecule has 7 atom stereocenters. The van der Waals surface area contributed by atoms with Crippen molar-refractivity contribution in [3.8, 4) is 23.5 Å². The van der Waals surface area contributed by atoms with Gasteiger partial charge in [0, 0.05) is 62.5 Å². The van der Waals surface area contributed by atoms with Crippen LogP contribution in [0.2, 0.25) is 5.02 Å². The van der Waals surface area contributed by atoms with Gasteiger partial charge in [0.25, 0.3) is 11.8 Å². The van der Waals surface area contributed by atoms with Crippen LogP contribution in [0.25, 0.3) is 0 Å². The van der Waals surface area contributed by atoms with Gasteiger partial charge in [-0.2, -0.15) is 0 Å². The van der Waals surface area contributed by atoms with E-state index in [-0.39, 0.29) is 59.3 Å². The second kappa shape index (κ2) is 17.8. The lowest BCUT2D eigenvalue weighted by atomic mass is 9.68. The minimum atomic E-state index is -3.80. The highest BCUT2D eigenvalue weighted by molar-refractivity contribution is 7.92. The number of benzene rings is 2. The number of rotatable bonds is 7. The van der Waals surface area contributed by atoms with Crippen LogP contribution in [0.15, 0.2) is 59.1 Å². The smallest absolute Gasteiger partial charge is 0.286 e. The molecule has 2 aliphatic carbocycles. The van der Waals surface area contributed by atoms with Crippen LogP contribution in [0.1, 0.15) is 64.4 Å². The summed E-state index contributed by atoms with van der Waals surface area (Å²) in [6.07, 6.45) is 9.44. The summed E-state index contributed by atoms with van der Waals surface area (Å²) < 4.78 is 52.9. The number of nitrogens with one attached hydrogen (secondary N) is 1. The molecule has 4 aliphatic rings. The molecule has 3 heterocycles. The summed E-state index contributed by atoms with van der Waals surface area (Å²) in [5.74, 6) is 4.86. The Kier molecular flexibility index (Phi) is 12.8. The zero-order valence-corrected chi connectivity index (χ0v) is 35.3. The molecule has 2 aromatic carbocycles. The number of methoxy groups -OCH3 is 3. The molecule has 15 heteroatoms. The van der Waals surface area contributed by atoms with Gasteiger partial charge in [0.1, 0.15) is 34.4 Å². The van der Waals surface area contributed by atoms with Crippen molar-refractivity contribution in [2.45, 2.75) is 56.7 Å². The molecule has 0 saturated heterocycles. The van der Waals surface area contributed by atoms with E-state index >= 15 is 4.21 Å². The maximum atomic E-state index is 15.0. The summed E-state index contributed by atoms with van der Waals surface area (Å²) in [6, 6.07) is 11.4. The van der Waals surface area contributed by atoms with Crippen LogP contribution >= 0.6 is 11.6 Å². The van der Waals surface area contributed by atoms with Crippen molar-refractivity contribution in [3.05, 3.63) is 82.0 Å². The van der Waals surface area contributed by atoms with Gasteiger partial charge in [-0.25, -0.2) is 4.21 Å². The number of nitrogens with zero attached hydrogens (tertiary/aromatic N) is 4. The highest BCUT2D eigenvalue weighted by atomic mass is 35.5. The average Bonchev–Trinajstić information content (AvgIpc) is 3.51. The molecular formula is C43H52ClN5O8S. The van der Waals surface area contributed by atoms with E-state index in [2.05, 4.69) is 43.1 Å². The predicted octanol–water partition coefficient (Wildman–Crippen LogP) is 5.79. The Balaban J connectivity index is 1.32. The predicted molar refractivity (Wildman–Crippen MR) is 222 cm³/mol. The fraction of sp³-hybridized carbons (Fsp3) is 0.512. The molecule has 7 rings (SSSR count). The third-order valence-electron chi connectivity index (χ3n) is 11.9. The van der Waals surface area contributed by atoms with Gasteiger partial charge in [-0.3, -0.25) is 19.0 Å². The lowest BCUT2D eigenvalue weighted by Crippen LogP contribution is -2.49. The minimum Gasteiger partial charge on any atom is -0.490 e. The van der Waals surface area contributed by atoms with Gasteiger partial charge >= 0.3 is 0 Å². The van der Waals surface area contributed by atoms with Gasteiger partial charge in [0.15, 0.2) is 0 Å². The van der Waals surface area contributed by atoms with Crippen molar-refractivity contribution in [2.75, 3.05) is 64.9 Å². The molecule has 310 valence electrons. The number of halogens is 1. The standard InChI is InChI=1S/C43H52ClN5O8S/c1-28-25-58(52,47-41(51)34-24-48(2)45-42(34)55-5)46-40(50)30-11-15-39-36(22-30)49(26-43(27-57-39)18-8-9-29-21-32(44)12-14-35(29)43)23-31-10-13-33(31)38(54-4)17-16-37(28)56-20-7-6-19-53-3/h11-12,14-17,21-22,24,28,31,33,37-38H,8-10,13,18-20,23,25-27H2,1-5H3,(H,46,47,50,51,52)/b17-16+/t28-,31+,33-,37+,38+,43+,58+/m1/s1. The van der Waals surface area contributed by atoms with Gasteiger partial charge in [-0.15, -0.1) is 9.46 Å². The van der Waals surface area contributed by atoms with Crippen LogP contribution in [0.5, 0.6) is 11.6 Å². The lowest BCUT2D eigenvalue weighted by molar-refractivity contribution is 0.0116. The molecule has 1 saturated carbocycles. The topological polar surface area (TPSA) is 143 Å². The van der Waals surface area contributed by atoms with Crippen molar-refractivity contribution in [2.24, 2.45) is 29.2 Å². The third kappa shape index (κ3) is 8.94. The Labute approximate surface area is 346 Å². The van der Waals surface area contributed by atoms with Crippen LogP contribution < -0.4 is 19.1 Å². The summed E-state index contributed by atoms with van der Waals surface area (Å²) in [5.41, 5.74) is 3.21. The van der Waals surface area contributed by atoms with Gasteiger partial charge in [0.05, 0.1) is 37.4 Å². The van der Waals surface area contributed by atoms with E-state index in [0.717, 1.165) is 42.8 Å². The van der Waals surface area contributed by atoms with Gasteiger partial charge in [0.2, 0.25) is 5.88 Å². The molecular weight excluding hydrogens is 782 g/mol. The molecule has 0 radical (unpaired) electrons. The highest BCUT2D eigenvalue weighted by Crippen LogP contribution is 2.47. The Morgan fingerprint density at radius 2 is 1.91 bits per heavy atom. The van der Waals surface area contributed by atoms with E-state index < -0.39 is 33.8 Å². The number of aryl methyl sites for hydroxylation is 2. The first kappa shape index (κ1) is 41.8. The van der Waals surface area contributed by atoms with Crippen LogP contribution in [0, 0.1) is 29.6 Å². The Bertz CT molecular complexity index is 2240. The van der Waals surface area contributed by atoms with E-state index in [4.69, 9.17) is 35.3 Å². The number of carbonyl (C=O) groups excluding carboxylic acids is 2. The molecule has 0 unspecified atom stereocenters. The van der Waals surface area contributed by atoms with Crippen molar-refractivity contribution < 1.29 is 37.5 Å². The van der Waals surface area contributed by atoms with E-state index in [1.54, 1.807) is 39.5 Å². The zero-order valence-electron chi connectivity index (χ0n) is 33.7. The van der Waals surface area contributed by atoms with Gasteiger partial charge in [-0.1, -0.05) is 48.6 Å². The molecule has 2 bridgehead atoms. The van der Waals surface area contributed by atoms with Crippen molar-refractivity contribution in [1.82, 2.24) is 14.5 Å². The summed E-state index contributed by atoms with van der Waals surface area (Å²) in [6.45, 7) is 4.01. The van der Waals surface area contributed by atoms with E-state index in [1.165, 1.54) is 29.1 Å². The first-order valence-corrected chi connectivity index (χ1v) is 21.8.